The van der Waals surface area contributed by atoms with Crippen molar-refractivity contribution >= 4 is 29.4 Å². The summed E-state index contributed by atoms with van der Waals surface area (Å²) in [6, 6.07) is 8.90. The Labute approximate surface area is 142 Å². The van der Waals surface area contributed by atoms with Gasteiger partial charge in [-0.2, -0.15) is 5.10 Å². The Morgan fingerprint density at radius 1 is 1.16 bits per heavy atom. The van der Waals surface area contributed by atoms with Crippen LogP contribution in [0.1, 0.15) is 24.4 Å². The predicted octanol–water partition coefficient (Wildman–Crippen LogP) is 2.37. The molecular weight excluding hydrogens is 328 g/mol. The summed E-state index contributed by atoms with van der Waals surface area (Å²) in [4.78, 5) is 33.4. The fourth-order valence-corrected chi connectivity index (χ4v) is 1.86. The molecule has 0 aliphatic carbocycles. The van der Waals surface area contributed by atoms with Crippen molar-refractivity contribution in [2.24, 2.45) is 5.10 Å². The number of hydrogen-bond acceptors (Lipinski definition) is 6. The Hall–Kier alpha value is -3.49. The molecule has 2 aromatic rings. The molecule has 0 bridgehead atoms. The van der Waals surface area contributed by atoms with Gasteiger partial charge in [0.2, 0.25) is 11.8 Å². The second-order valence-electron chi connectivity index (χ2n) is 5.09. The van der Waals surface area contributed by atoms with Gasteiger partial charge in [0.05, 0.1) is 11.1 Å². The first-order chi connectivity index (χ1) is 11.9. The quantitative estimate of drug-likeness (QED) is 0.453. The summed E-state index contributed by atoms with van der Waals surface area (Å²) in [5.41, 5.74) is 2.65. The highest BCUT2D eigenvalue weighted by Crippen LogP contribution is 2.15. The molecule has 0 aliphatic heterocycles. The average Bonchev–Trinajstić information content (AvgIpc) is 2.99. The standard InChI is InChI=1S/C16H16N4O5/c1-11-2-7-14(25-11)10-17-19-16(22)9-8-15(21)18-12-3-5-13(6-4-12)20(23)24/h2-7,10H,8-9H2,1H3,(H,18,21)(H,19,22)/b17-10+. The van der Waals surface area contributed by atoms with Crippen LogP contribution in [-0.4, -0.2) is 23.0 Å². The van der Waals surface area contributed by atoms with Crippen LogP contribution in [-0.2, 0) is 9.59 Å². The summed E-state index contributed by atoms with van der Waals surface area (Å²) in [5, 5.41) is 16.8. The van der Waals surface area contributed by atoms with Crippen LogP contribution >= 0.6 is 0 Å². The molecule has 0 saturated heterocycles. The second kappa shape index (κ2) is 8.39. The number of nitro groups is 1. The van der Waals surface area contributed by atoms with Crippen LogP contribution < -0.4 is 10.7 Å². The van der Waals surface area contributed by atoms with Crippen molar-refractivity contribution < 1.29 is 18.9 Å². The highest BCUT2D eigenvalue weighted by atomic mass is 16.6. The maximum atomic E-state index is 11.8. The molecule has 0 aliphatic rings. The lowest BCUT2D eigenvalue weighted by Crippen LogP contribution is -2.20. The van der Waals surface area contributed by atoms with E-state index in [1.165, 1.54) is 30.5 Å². The third-order valence-corrected chi connectivity index (χ3v) is 3.08. The van der Waals surface area contributed by atoms with Crippen LogP contribution in [0.5, 0.6) is 0 Å². The summed E-state index contributed by atoms with van der Waals surface area (Å²) in [7, 11) is 0. The first kappa shape index (κ1) is 17.9. The topological polar surface area (TPSA) is 127 Å². The van der Waals surface area contributed by atoms with Crippen LogP contribution in [0.15, 0.2) is 45.9 Å². The Kier molecular flexibility index (Phi) is 5.99. The fraction of sp³-hybridized carbons (Fsp3) is 0.188. The Bertz CT molecular complexity index is 795. The first-order valence-electron chi connectivity index (χ1n) is 7.36. The van der Waals surface area contributed by atoms with Gasteiger partial charge in [-0.05, 0) is 31.2 Å². The molecule has 0 spiro atoms. The van der Waals surface area contributed by atoms with E-state index < -0.39 is 10.8 Å². The molecule has 1 heterocycles. The zero-order chi connectivity index (χ0) is 18.2. The molecule has 9 nitrogen and oxygen atoms in total. The highest BCUT2D eigenvalue weighted by molar-refractivity contribution is 5.93. The van der Waals surface area contributed by atoms with Gasteiger partial charge < -0.3 is 9.73 Å². The van der Waals surface area contributed by atoms with E-state index in [0.29, 0.717) is 11.4 Å². The van der Waals surface area contributed by atoms with E-state index in [9.17, 15) is 19.7 Å². The number of nitro benzene ring substituents is 1. The summed E-state index contributed by atoms with van der Waals surface area (Å²) in [6.45, 7) is 1.79. The SMILES string of the molecule is Cc1ccc(/C=N/NC(=O)CCC(=O)Nc2ccc([N+](=O)[O-])cc2)o1. The summed E-state index contributed by atoms with van der Waals surface area (Å²) < 4.78 is 5.25. The molecule has 2 rings (SSSR count). The zero-order valence-electron chi connectivity index (χ0n) is 13.4. The smallest absolute Gasteiger partial charge is 0.269 e. The number of carbonyl (C=O) groups excluding carboxylic acids is 2. The number of aryl methyl sites for hydroxylation is 1. The van der Waals surface area contributed by atoms with E-state index in [1.807, 2.05) is 0 Å². The minimum Gasteiger partial charge on any atom is -0.460 e. The lowest BCUT2D eigenvalue weighted by Gasteiger charge is -2.04. The number of nitrogens with one attached hydrogen (secondary N) is 2. The molecule has 1 aromatic heterocycles. The van der Waals surface area contributed by atoms with Gasteiger partial charge in [0.1, 0.15) is 11.5 Å². The summed E-state index contributed by atoms with van der Waals surface area (Å²) in [6.07, 6.45) is 1.27. The largest absolute Gasteiger partial charge is 0.460 e. The highest BCUT2D eigenvalue weighted by Gasteiger charge is 2.08. The van der Waals surface area contributed by atoms with Crippen LogP contribution in [0.2, 0.25) is 0 Å². The number of hydrazone groups is 1. The number of rotatable bonds is 7. The zero-order valence-corrected chi connectivity index (χ0v) is 13.4. The molecule has 0 unspecified atom stereocenters. The molecule has 0 radical (unpaired) electrons. The van der Waals surface area contributed by atoms with Crippen molar-refractivity contribution in [1.29, 1.82) is 0 Å². The number of nitrogens with zero attached hydrogens (tertiary/aromatic N) is 2. The van der Waals surface area contributed by atoms with Crippen LogP contribution in [0, 0.1) is 17.0 Å². The summed E-state index contributed by atoms with van der Waals surface area (Å²) >= 11 is 0. The van der Waals surface area contributed by atoms with Crippen molar-refractivity contribution in [3.05, 3.63) is 58.0 Å². The molecule has 25 heavy (non-hydrogen) atoms. The minimum atomic E-state index is -0.527. The monoisotopic (exact) mass is 344 g/mol. The minimum absolute atomic E-state index is 0.0435. The maximum Gasteiger partial charge on any atom is 0.269 e. The van der Waals surface area contributed by atoms with Gasteiger partial charge in [-0.15, -0.1) is 0 Å². The maximum absolute atomic E-state index is 11.8. The van der Waals surface area contributed by atoms with Crippen molar-refractivity contribution in [2.45, 2.75) is 19.8 Å². The number of furan rings is 1. The molecule has 130 valence electrons. The Morgan fingerprint density at radius 2 is 1.84 bits per heavy atom. The van der Waals surface area contributed by atoms with Gasteiger partial charge in [-0.3, -0.25) is 19.7 Å². The molecular formula is C16H16N4O5. The fourth-order valence-electron chi connectivity index (χ4n) is 1.86. The van der Waals surface area contributed by atoms with E-state index in [0.717, 1.165) is 5.76 Å². The normalized spacial score (nSPS) is 10.6. The molecule has 2 N–H and O–H groups in total. The van der Waals surface area contributed by atoms with Gasteiger partial charge in [-0.25, -0.2) is 5.43 Å². The van der Waals surface area contributed by atoms with Crippen molar-refractivity contribution in [1.82, 2.24) is 5.43 Å². The molecule has 0 atom stereocenters. The predicted molar refractivity (Wildman–Crippen MR) is 90.1 cm³/mol. The molecule has 2 amide bonds. The van der Waals surface area contributed by atoms with E-state index in [-0.39, 0.29) is 24.4 Å². The van der Waals surface area contributed by atoms with E-state index >= 15 is 0 Å². The van der Waals surface area contributed by atoms with Gasteiger partial charge in [0.15, 0.2) is 0 Å². The van der Waals surface area contributed by atoms with E-state index in [2.05, 4.69) is 15.8 Å². The van der Waals surface area contributed by atoms with Gasteiger partial charge in [0, 0.05) is 30.7 Å². The molecule has 0 saturated carbocycles. The number of non-ortho nitro benzene ring substituents is 1. The van der Waals surface area contributed by atoms with Crippen LogP contribution in [0.25, 0.3) is 0 Å². The lowest BCUT2D eigenvalue weighted by molar-refractivity contribution is -0.384. The third-order valence-electron chi connectivity index (χ3n) is 3.08. The average molecular weight is 344 g/mol. The Balaban J connectivity index is 1.72. The van der Waals surface area contributed by atoms with E-state index in [1.54, 1.807) is 19.1 Å². The molecule has 9 heteroatoms. The second-order valence-corrected chi connectivity index (χ2v) is 5.09. The van der Waals surface area contributed by atoms with Crippen molar-refractivity contribution in [3.8, 4) is 0 Å². The lowest BCUT2D eigenvalue weighted by atomic mass is 10.2. The number of hydrogen-bond donors (Lipinski definition) is 2. The van der Waals surface area contributed by atoms with Gasteiger partial charge >= 0.3 is 0 Å². The van der Waals surface area contributed by atoms with Gasteiger partial charge in [0.25, 0.3) is 5.69 Å². The van der Waals surface area contributed by atoms with Crippen molar-refractivity contribution in [2.75, 3.05) is 5.32 Å². The van der Waals surface area contributed by atoms with Crippen LogP contribution in [0.3, 0.4) is 0 Å². The van der Waals surface area contributed by atoms with Crippen molar-refractivity contribution in [3.63, 3.8) is 0 Å². The van der Waals surface area contributed by atoms with Crippen LogP contribution in [0.4, 0.5) is 11.4 Å². The number of anilines is 1. The first-order valence-corrected chi connectivity index (χ1v) is 7.36. The third kappa shape index (κ3) is 5.90. The number of carbonyl (C=O) groups is 2. The number of benzene rings is 1. The van der Waals surface area contributed by atoms with Gasteiger partial charge in [-0.1, -0.05) is 0 Å². The number of amides is 2. The summed E-state index contributed by atoms with van der Waals surface area (Å²) in [5.74, 6) is 0.442. The Morgan fingerprint density at radius 3 is 2.44 bits per heavy atom. The molecule has 0 fully saturated rings. The van der Waals surface area contributed by atoms with E-state index in [4.69, 9.17) is 4.42 Å². The molecule has 1 aromatic carbocycles.